The molecule has 1 aliphatic heterocycles. The number of piperazine rings is 1. The number of nitro benzene ring substituents is 1. The third kappa shape index (κ3) is 3.40. The maximum Gasteiger partial charge on any atom is 0.271 e. The molecule has 3 rings (SSSR count). The van der Waals surface area contributed by atoms with Gasteiger partial charge >= 0.3 is 0 Å². The van der Waals surface area contributed by atoms with E-state index in [0.29, 0.717) is 10.0 Å². The van der Waals surface area contributed by atoms with E-state index in [0.717, 1.165) is 31.1 Å². The summed E-state index contributed by atoms with van der Waals surface area (Å²) in [5.41, 5.74) is 0.539. The first kappa shape index (κ1) is 16.4. The van der Waals surface area contributed by atoms with Crippen LogP contribution in [0.3, 0.4) is 0 Å². The minimum Gasteiger partial charge on any atom is -0.506 e. The Bertz CT molecular complexity index is 702. The summed E-state index contributed by atoms with van der Waals surface area (Å²) in [6.45, 7) is 3.36. The molecule has 1 fully saturated rings. The van der Waals surface area contributed by atoms with Gasteiger partial charge in [-0.1, -0.05) is 6.07 Å². The maximum atomic E-state index is 11.2. The van der Waals surface area contributed by atoms with Gasteiger partial charge in [0.05, 0.1) is 15.4 Å². The summed E-state index contributed by atoms with van der Waals surface area (Å²) in [6, 6.07) is 6.59. The molecule has 1 atom stereocenters. The number of nitrogens with zero attached hydrogens (tertiary/aromatic N) is 2. The zero-order valence-electron chi connectivity index (χ0n) is 12.2. The van der Waals surface area contributed by atoms with Gasteiger partial charge in [-0.25, -0.2) is 0 Å². The van der Waals surface area contributed by atoms with Crippen LogP contribution in [0.1, 0.15) is 16.5 Å². The average Bonchev–Trinajstić information content (AvgIpc) is 3.06. The number of non-ortho nitro benzene ring substituents is 1. The van der Waals surface area contributed by atoms with E-state index < -0.39 is 4.92 Å². The predicted octanol–water partition coefficient (Wildman–Crippen LogP) is 3.12. The largest absolute Gasteiger partial charge is 0.506 e. The second kappa shape index (κ2) is 6.96. The molecular formula is C15H16BrN3O3S. The SMILES string of the molecule is O=[N+]([O-])c1cc(Br)c(O)c([C@H](c2cccs2)N2CCNCC2)c1. The first-order valence-corrected chi connectivity index (χ1v) is 8.90. The predicted molar refractivity (Wildman–Crippen MR) is 93.1 cm³/mol. The monoisotopic (exact) mass is 397 g/mol. The van der Waals surface area contributed by atoms with Crippen molar-refractivity contribution in [1.82, 2.24) is 10.2 Å². The Hall–Kier alpha value is -1.48. The van der Waals surface area contributed by atoms with Crippen LogP contribution in [-0.2, 0) is 0 Å². The number of hydrogen-bond donors (Lipinski definition) is 2. The lowest BCUT2D eigenvalue weighted by Crippen LogP contribution is -2.45. The fourth-order valence-corrected chi connectivity index (χ4v) is 4.18. The molecule has 2 aromatic rings. The molecule has 1 aliphatic rings. The van der Waals surface area contributed by atoms with Crippen LogP contribution >= 0.6 is 27.3 Å². The second-order valence-corrected chi connectivity index (χ2v) is 7.16. The number of phenols is 1. The number of halogens is 1. The highest BCUT2D eigenvalue weighted by Crippen LogP contribution is 2.42. The highest BCUT2D eigenvalue weighted by atomic mass is 79.9. The van der Waals surface area contributed by atoms with E-state index in [4.69, 9.17) is 0 Å². The molecule has 0 saturated carbocycles. The molecule has 0 amide bonds. The third-order valence-electron chi connectivity index (χ3n) is 3.91. The minimum atomic E-state index is -0.434. The Morgan fingerprint density at radius 3 is 2.74 bits per heavy atom. The van der Waals surface area contributed by atoms with Gasteiger partial charge < -0.3 is 10.4 Å². The molecule has 122 valence electrons. The van der Waals surface area contributed by atoms with Crippen molar-refractivity contribution in [1.29, 1.82) is 0 Å². The van der Waals surface area contributed by atoms with Gasteiger partial charge in [-0.05, 0) is 27.4 Å². The van der Waals surface area contributed by atoms with Crippen LogP contribution in [0.15, 0.2) is 34.1 Å². The van der Waals surface area contributed by atoms with Crippen molar-refractivity contribution in [3.8, 4) is 5.75 Å². The van der Waals surface area contributed by atoms with Crippen molar-refractivity contribution in [3.63, 3.8) is 0 Å². The van der Waals surface area contributed by atoms with Crippen LogP contribution < -0.4 is 5.32 Å². The second-order valence-electron chi connectivity index (χ2n) is 5.33. The number of nitrogens with one attached hydrogen (secondary N) is 1. The summed E-state index contributed by atoms with van der Waals surface area (Å²) in [5.74, 6) is 0.0625. The highest BCUT2D eigenvalue weighted by molar-refractivity contribution is 9.10. The number of phenolic OH excluding ortho intramolecular Hbond substituents is 1. The van der Waals surface area contributed by atoms with Crippen LogP contribution in [0.25, 0.3) is 0 Å². The Labute approximate surface area is 146 Å². The Morgan fingerprint density at radius 1 is 1.39 bits per heavy atom. The molecule has 0 aliphatic carbocycles. The van der Waals surface area contributed by atoms with Crippen molar-refractivity contribution in [2.24, 2.45) is 0 Å². The van der Waals surface area contributed by atoms with Crippen molar-refractivity contribution in [3.05, 3.63) is 54.7 Å². The molecule has 2 heterocycles. The molecule has 1 saturated heterocycles. The maximum absolute atomic E-state index is 11.2. The number of aromatic hydroxyl groups is 1. The van der Waals surface area contributed by atoms with E-state index in [2.05, 4.69) is 26.1 Å². The van der Waals surface area contributed by atoms with Crippen molar-refractivity contribution < 1.29 is 10.0 Å². The number of nitro groups is 1. The summed E-state index contributed by atoms with van der Waals surface area (Å²) in [5, 5.41) is 27.0. The fourth-order valence-electron chi connectivity index (χ4n) is 2.84. The molecule has 0 unspecified atom stereocenters. The normalized spacial score (nSPS) is 17.1. The Kier molecular flexibility index (Phi) is 4.96. The number of rotatable bonds is 4. The van der Waals surface area contributed by atoms with Crippen LogP contribution in [0.2, 0.25) is 0 Å². The summed E-state index contributed by atoms with van der Waals surface area (Å²) < 4.78 is 0.346. The van der Waals surface area contributed by atoms with Gasteiger partial charge in [0, 0.05) is 48.8 Å². The van der Waals surface area contributed by atoms with Crippen LogP contribution in [0, 0.1) is 10.1 Å². The zero-order valence-corrected chi connectivity index (χ0v) is 14.6. The van der Waals surface area contributed by atoms with Gasteiger partial charge in [0.15, 0.2) is 0 Å². The van der Waals surface area contributed by atoms with Crippen LogP contribution in [0.4, 0.5) is 5.69 Å². The van der Waals surface area contributed by atoms with E-state index in [9.17, 15) is 15.2 Å². The van der Waals surface area contributed by atoms with Gasteiger partial charge in [0.25, 0.3) is 5.69 Å². The zero-order chi connectivity index (χ0) is 16.4. The van der Waals surface area contributed by atoms with E-state index in [1.165, 1.54) is 12.1 Å². The molecule has 0 bridgehead atoms. The molecule has 1 aromatic carbocycles. The van der Waals surface area contributed by atoms with Crippen LogP contribution in [0.5, 0.6) is 5.75 Å². The number of hydrogen-bond acceptors (Lipinski definition) is 6. The van der Waals surface area contributed by atoms with Crippen molar-refractivity contribution in [2.75, 3.05) is 26.2 Å². The number of benzene rings is 1. The molecule has 0 radical (unpaired) electrons. The molecule has 6 nitrogen and oxygen atoms in total. The summed E-state index contributed by atoms with van der Waals surface area (Å²) in [7, 11) is 0. The Balaban J connectivity index is 2.11. The van der Waals surface area contributed by atoms with Gasteiger partial charge in [0.1, 0.15) is 5.75 Å². The van der Waals surface area contributed by atoms with E-state index >= 15 is 0 Å². The van der Waals surface area contributed by atoms with E-state index in [1.807, 2.05) is 17.5 Å². The average molecular weight is 398 g/mol. The van der Waals surface area contributed by atoms with Gasteiger partial charge in [-0.3, -0.25) is 15.0 Å². The lowest BCUT2D eigenvalue weighted by atomic mass is 10.0. The first-order chi connectivity index (χ1) is 11.1. The molecule has 1 aromatic heterocycles. The topological polar surface area (TPSA) is 78.6 Å². The number of thiophene rings is 1. The van der Waals surface area contributed by atoms with Gasteiger partial charge in [-0.2, -0.15) is 0 Å². The quantitative estimate of drug-likeness (QED) is 0.611. The smallest absolute Gasteiger partial charge is 0.271 e. The standard InChI is InChI=1S/C15H16BrN3O3S/c16-12-9-10(19(21)22)8-11(15(12)20)14(13-2-1-7-23-13)18-5-3-17-4-6-18/h1-2,7-9,14,17,20H,3-6H2/t14-/m1/s1. The molecule has 8 heteroatoms. The van der Waals surface area contributed by atoms with Gasteiger partial charge in [-0.15, -0.1) is 11.3 Å². The highest BCUT2D eigenvalue weighted by Gasteiger charge is 2.29. The summed E-state index contributed by atoms with van der Waals surface area (Å²) in [4.78, 5) is 14.1. The van der Waals surface area contributed by atoms with Crippen LogP contribution in [-0.4, -0.2) is 41.1 Å². The van der Waals surface area contributed by atoms with Crippen molar-refractivity contribution >= 4 is 33.0 Å². The van der Waals surface area contributed by atoms with Gasteiger partial charge in [0.2, 0.25) is 0 Å². The van der Waals surface area contributed by atoms with E-state index in [-0.39, 0.29) is 17.5 Å². The first-order valence-electron chi connectivity index (χ1n) is 7.23. The third-order valence-corrected chi connectivity index (χ3v) is 5.44. The Morgan fingerprint density at radius 2 is 2.13 bits per heavy atom. The molecule has 23 heavy (non-hydrogen) atoms. The summed E-state index contributed by atoms with van der Waals surface area (Å²) in [6.07, 6.45) is 0. The lowest BCUT2D eigenvalue weighted by molar-refractivity contribution is -0.385. The molecule has 0 spiro atoms. The fraction of sp³-hybridized carbons (Fsp3) is 0.333. The lowest BCUT2D eigenvalue weighted by Gasteiger charge is -2.35. The summed E-state index contributed by atoms with van der Waals surface area (Å²) >= 11 is 4.83. The minimum absolute atomic E-state index is 0.0265. The van der Waals surface area contributed by atoms with E-state index in [1.54, 1.807) is 11.3 Å². The van der Waals surface area contributed by atoms with Crippen molar-refractivity contribution in [2.45, 2.75) is 6.04 Å². The molecule has 2 N–H and O–H groups in total. The molecular weight excluding hydrogens is 382 g/mol.